The Hall–Kier alpha value is -3.15. The second-order valence-corrected chi connectivity index (χ2v) is 6.55. The third kappa shape index (κ3) is 2.94. The molecule has 3 heterocycles. The number of allylic oxidation sites excluding steroid dienone is 1. The monoisotopic (exact) mass is 352 g/mol. The number of aromatic nitrogens is 1. The molecule has 134 valence electrons. The fourth-order valence-corrected chi connectivity index (χ4v) is 3.12. The molecule has 0 saturated carbocycles. The lowest BCUT2D eigenvalue weighted by atomic mass is 10.2. The summed E-state index contributed by atoms with van der Waals surface area (Å²) < 4.78 is 18.3. The van der Waals surface area contributed by atoms with E-state index in [0.717, 1.165) is 28.2 Å². The van der Waals surface area contributed by atoms with E-state index in [9.17, 15) is 4.79 Å². The predicted octanol–water partition coefficient (Wildman–Crippen LogP) is 3.78. The minimum absolute atomic E-state index is 0.159. The van der Waals surface area contributed by atoms with Crippen LogP contribution in [0.15, 0.2) is 46.9 Å². The van der Waals surface area contributed by atoms with Crippen molar-refractivity contribution in [3.8, 4) is 11.5 Å². The van der Waals surface area contributed by atoms with Gasteiger partial charge in [0.1, 0.15) is 11.5 Å². The Labute approximate surface area is 151 Å². The number of carbonyl (C=O) groups is 1. The summed E-state index contributed by atoms with van der Waals surface area (Å²) in [5.41, 5.74) is 4.07. The molecule has 2 aromatic heterocycles. The molecule has 1 aliphatic rings. The normalized spacial score (nSPS) is 12.5. The number of hydrogen-bond donors (Lipinski definition) is 1. The van der Waals surface area contributed by atoms with Crippen molar-refractivity contribution in [1.82, 2.24) is 9.88 Å². The van der Waals surface area contributed by atoms with Crippen molar-refractivity contribution in [1.29, 1.82) is 0 Å². The largest absolute Gasteiger partial charge is 0.460 e. The minimum Gasteiger partial charge on any atom is -0.460 e. The van der Waals surface area contributed by atoms with Crippen molar-refractivity contribution in [2.24, 2.45) is 0 Å². The van der Waals surface area contributed by atoms with E-state index in [1.165, 1.54) is 0 Å². The predicted molar refractivity (Wildman–Crippen MR) is 97.5 cm³/mol. The number of amides is 1. The highest BCUT2D eigenvalue weighted by molar-refractivity contribution is 5.97. The SMILES string of the molecule is C=C(C)Cn1c(C(=O)NCc2ccc3c(c2)OCO3)cc2oc(C)cc21. The molecule has 0 spiro atoms. The zero-order chi connectivity index (χ0) is 18.3. The van der Waals surface area contributed by atoms with Crippen LogP contribution in [0.5, 0.6) is 11.5 Å². The number of nitrogens with zero attached hydrogens (tertiary/aromatic N) is 1. The Morgan fingerprint density at radius 3 is 2.85 bits per heavy atom. The molecule has 0 aliphatic carbocycles. The van der Waals surface area contributed by atoms with Gasteiger partial charge < -0.3 is 23.8 Å². The van der Waals surface area contributed by atoms with E-state index in [1.54, 1.807) is 6.07 Å². The van der Waals surface area contributed by atoms with E-state index < -0.39 is 0 Å². The molecule has 1 aromatic carbocycles. The molecule has 0 unspecified atom stereocenters. The number of ether oxygens (including phenoxy) is 2. The summed E-state index contributed by atoms with van der Waals surface area (Å²) in [5, 5.41) is 2.96. The van der Waals surface area contributed by atoms with Gasteiger partial charge in [0.05, 0.1) is 5.52 Å². The van der Waals surface area contributed by atoms with Crippen LogP contribution in [0.3, 0.4) is 0 Å². The van der Waals surface area contributed by atoms with Gasteiger partial charge in [0.15, 0.2) is 17.1 Å². The quantitative estimate of drug-likeness (QED) is 0.710. The second kappa shape index (κ2) is 6.29. The molecular weight excluding hydrogens is 332 g/mol. The van der Waals surface area contributed by atoms with E-state index in [0.29, 0.717) is 30.1 Å². The molecule has 3 aromatic rings. The van der Waals surface area contributed by atoms with Gasteiger partial charge in [-0.2, -0.15) is 0 Å². The Kier molecular flexibility index (Phi) is 3.95. The van der Waals surface area contributed by atoms with Gasteiger partial charge in [-0.25, -0.2) is 0 Å². The number of nitrogens with one attached hydrogen (secondary N) is 1. The standard InChI is InChI=1S/C20H20N2O4/c1-12(2)10-22-15-6-13(3)26-18(15)8-16(22)20(23)21-9-14-4-5-17-19(7-14)25-11-24-17/h4-8H,1,9-11H2,2-3H3,(H,21,23). The second-order valence-electron chi connectivity index (χ2n) is 6.55. The number of furan rings is 1. The van der Waals surface area contributed by atoms with Crippen molar-refractivity contribution < 1.29 is 18.7 Å². The molecule has 26 heavy (non-hydrogen) atoms. The van der Waals surface area contributed by atoms with Crippen molar-refractivity contribution >= 4 is 17.0 Å². The highest BCUT2D eigenvalue weighted by Crippen LogP contribution is 2.32. The zero-order valence-electron chi connectivity index (χ0n) is 14.8. The van der Waals surface area contributed by atoms with Gasteiger partial charge in [-0.15, -0.1) is 0 Å². The fraction of sp³-hybridized carbons (Fsp3) is 0.250. The number of carbonyl (C=O) groups excluding carboxylic acids is 1. The lowest BCUT2D eigenvalue weighted by molar-refractivity contribution is 0.0942. The minimum atomic E-state index is -0.159. The Morgan fingerprint density at radius 1 is 1.23 bits per heavy atom. The van der Waals surface area contributed by atoms with Crippen LogP contribution >= 0.6 is 0 Å². The molecule has 1 N–H and O–H groups in total. The van der Waals surface area contributed by atoms with Crippen LogP contribution in [0.2, 0.25) is 0 Å². The average molecular weight is 352 g/mol. The molecule has 0 bridgehead atoms. The summed E-state index contributed by atoms with van der Waals surface area (Å²) in [7, 11) is 0. The maximum Gasteiger partial charge on any atom is 0.268 e. The van der Waals surface area contributed by atoms with E-state index >= 15 is 0 Å². The van der Waals surface area contributed by atoms with Crippen LogP contribution in [0.1, 0.15) is 28.7 Å². The summed E-state index contributed by atoms with van der Waals surface area (Å²) in [6.45, 7) is 8.99. The fourth-order valence-electron chi connectivity index (χ4n) is 3.12. The molecule has 1 aliphatic heterocycles. The molecule has 1 amide bonds. The van der Waals surface area contributed by atoms with Crippen LogP contribution in [-0.2, 0) is 13.1 Å². The number of benzene rings is 1. The maximum absolute atomic E-state index is 12.7. The van der Waals surface area contributed by atoms with Crippen molar-refractivity contribution in [3.63, 3.8) is 0 Å². The molecule has 0 saturated heterocycles. The third-order valence-electron chi connectivity index (χ3n) is 4.26. The molecule has 6 nitrogen and oxygen atoms in total. The number of hydrogen-bond acceptors (Lipinski definition) is 4. The molecule has 0 atom stereocenters. The van der Waals surface area contributed by atoms with Crippen LogP contribution in [0.4, 0.5) is 0 Å². The van der Waals surface area contributed by atoms with Gasteiger partial charge >= 0.3 is 0 Å². The van der Waals surface area contributed by atoms with Gasteiger partial charge in [0, 0.05) is 25.2 Å². The summed E-state index contributed by atoms with van der Waals surface area (Å²) in [6, 6.07) is 9.36. The Morgan fingerprint density at radius 2 is 2.04 bits per heavy atom. The first kappa shape index (κ1) is 16.3. The van der Waals surface area contributed by atoms with Crippen molar-refractivity contribution in [2.75, 3.05) is 6.79 Å². The molecule has 4 rings (SSSR count). The summed E-state index contributed by atoms with van der Waals surface area (Å²) in [6.07, 6.45) is 0. The van der Waals surface area contributed by atoms with Crippen LogP contribution < -0.4 is 14.8 Å². The van der Waals surface area contributed by atoms with Gasteiger partial charge in [0.2, 0.25) is 6.79 Å². The highest BCUT2D eigenvalue weighted by atomic mass is 16.7. The summed E-state index contributed by atoms with van der Waals surface area (Å²) in [4.78, 5) is 12.7. The molecule has 6 heteroatoms. The first-order valence-corrected chi connectivity index (χ1v) is 8.42. The zero-order valence-corrected chi connectivity index (χ0v) is 14.8. The molecular formula is C20H20N2O4. The van der Waals surface area contributed by atoms with Crippen LogP contribution in [0, 0.1) is 6.92 Å². The van der Waals surface area contributed by atoms with Crippen LogP contribution in [-0.4, -0.2) is 17.3 Å². The van der Waals surface area contributed by atoms with Crippen molar-refractivity contribution in [3.05, 3.63) is 59.5 Å². The van der Waals surface area contributed by atoms with Crippen LogP contribution in [0.25, 0.3) is 11.1 Å². The topological polar surface area (TPSA) is 65.6 Å². The van der Waals surface area contributed by atoms with Gasteiger partial charge in [-0.3, -0.25) is 4.79 Å². The maximum atomic E-state index is 12.7. The first-order chi connectivity index (χ1) is 12.5. The highest BCUT2D eigenvalue weighted by Gasteiger charge is 2.19. The Bertz CT molecular complexity index is 1010. The lowest BCUT2D eigenvalue weighted by Gasteiger charge is -2.11. The van der Waals surface area contributed by atoms with Crippen molar-refractivity contribution in [2.45, 2.75) is 26.9 Å². The summed E-state index contributed by atoms with van der Waals surface area (Å²) in [5.74, 6) is 2.09. The summed E-state index contributed by atoms with van der Waals surface area (Å²) >= 11 is 0. The van der Waals surface area contributed by atoms with E-state index in [2.05, 4.69) is 11.9 Å². The smallest absolute Gasteiger partial charge is 0.268 e. The van der Waals surface area contributed by atoms with Gasteiger partial charge in [0.25, 0.3) is 5.91 Å². The van der Waals surface area contributed by atoms with Gasteiger partial charge in [-0.1, -0.05) is 18.2 Å². The van der Waals surface area contributed by atoms with E-state index in [1.807, 2.05) is 42.7 Å². The first-order valence-electron chi connectivity index (χ1n) is 8.42. The number of aryl methyl sites for hydroxylation is 1. The van der Waals surface area contributed by atoms with Gasteiger partial charge in [-0.05, 0) is 31.5 Å². The Balaban J connectivity index is 1.56. The average Bonchev–Trinajstić information content (AvgIpc) is 3.27. The van der Waals surface area contributed by atoms with E-state index in [-0.39, 0.29) is 12.7 Å². The lowest BCUT2D eigenvalue weighted by Crippen LogP contribution is -2.25. The third-order valence-corrected chi connectivity index (χ3v) is 4.26. The molecule has 0 radical (unpaired) electrons. The number of rotatable bonds is 5. The van der Waals surface area contributed by atoms with E-state index in [4.69, 9.17) is 13.9 Å². The molecule has 0 fully saturated rings. The number of fused-ring (bicyclic) bond motifs is 2.